The van der Waals surface area contributed by atoms with Crippen molar-refractivity contribution in [3.8, 4) is 0 Å². The topological polar surface area (TPSA) is 87.2 Å². The van der Waals surface area contributed by atoms with Crippen molar-refractivity contribution in [2.75, 3.05) is 43.6 Å². The van der Waals surface area contributed by atoms with Gasteiger partial charge < -0.3 is 10.6 Å². The molecular weight excluding hydrogens is 273 g/mol. The van der Waals surface area contributed by atoms with Gasteiger partial charge in [0.25, 0.3) is 0 Å². The third-order valence-corrected chi connectivity index (χ3v) is 4.12. The average Bonchev–Trinajstić information content (AvgIpc) is 2.33. The zero-order valence-electron chi connectivity index (χ0n) is 11.1. The number of anilines is 2. The molecule has 0 atom stereocenters. The van der Waals surface area contributed by atoms with Crippen LogP contribution in [-0.2, 0) is 10.0 Å². The van der Waals surface area contributed by atoms with Crippen molar-refractivity contribution in [2.45, 2.75) is 6.92 Å². The van der Waals surface area contributed by atoms with Crippen LogP contribution in [0.1, 0.15) is 6.92 Å². The fourth-order valence-corrected chi connectivity index (χ4v) is 1.94. The highest BCUT2D eigenvalue weighted by Gasteiger charge is 2.14. The summed E-state index contributed by atoms with van der Waals surface area (Å²) in [7, 11) is -0.416. The minimum absolute atomic E-state index is 0.0140. The molecule has 1 aromatic heterocycles. The molecule has 1 aromatic rings. The van der Waals surface area contributed by atoms with E-state index in [1.807, 2.05) is 6.92 Å². The molecule has 0 aromatic carbocycles. The van der Waals surface area contributed by atoms with Crippen LogP contribution >= 0.6 is 0 Å². The molecule has 0 aliphatic heterocycles. The van der Waals surface area contributed by atoms with Gasteiger partial charge in [0.15, 0.2) is 11.6 Å². The average molecular weight is 291 g/mol. The highest BCUT2D eigenvalue weighted by atomic mass is 32.2. The van der Waals surface area contributed by atoms with Crippen LogP contribution < -0.4 is 10.6 Å². The maximum atomic E-state index is 13.4. The first-order valence-corrected chi connectivity index (χ1v) is 7.38. The Balaban J connectivity index is 2.65. The van der Waals surface area contributed by atoms with E-state index in [1.165, 1.54) is 14.1 Å². The van der Waals surface area contributed by atoms with Crippen LogP contribution in [0, 0.1) is 5.82 Å². The first kappa shape index (κ1) is 15.6. The highest BCUT2D eigenvalue weighted by Crippen LogP contribution is 2.11. The summed E-state index contributed by atoms with van der Waals surface area (Å²) in [5.74, 6) is -0.481. The molecular formula is C10H18FN5O2S. The highest BCUT2D eigenvalue weighted by molar-refractivity contribution is 7.89. The van der Waals surface area contributed by atoms with Crippen molar-refractivity contribution in [1.29, 1.82) is 0 Å². The Kier molecular flexibility index (Phi) is 5.43. The smallest absolute Gasteiger partial charge is 0.224 e. The first-order valence-electron chi connectivity index (χ1n) is 5.77. The molecule has 2 N–H and O–H groups in total. The third kappa shape index (κ3) is 4.60. The predicted octanol–water partition coefficient (Wildman–Crippen LogP) is 0.351. The van der Waals surface area contributed by atoms with Gasteiger partial charge in [-0.15, -0.1) is 0 Å². The summed E-state index contributed by atoms with van der Waals surface area (Å²) in [6, 6.07) is 0. The summed E-state index contributed by atoms with van der Waals surface area (Å²) in [6.07, 6.45) is 1.04. The zero-order chi connectivity index (χ0) is 14.5. The van der Waals surface area contributed by atoms with Gasteiger partial charge in [0.1, 0.15) is 0 Å². The molecule has 0 saturated heterocycles. The monoisotopic (exact) mass is 291 g/mol. The molecule has 7 nitrogen and oxygen atoms in total. The number of rotatable bonds is 7. The Labute approximate surface area is 112 Å². The molecule has 19 heavy (non-hydrogen) atoms. The minimum Gasteiger partial charge on any atom is -0.366 e. The van der Waals surface area contributed by atoms with Gasteiger partial charge in [-0.25, -0.2) is 22.1 Å². The van der Waals surface area contributed by atoms with Gasteiger partial charge in [0.2, 0.25) is 16.0 Å². The van der Waals surface area contributed by atoms with E-state index < -0.39 is 15.8 Å². The van der Waals surface area contributed by atoms with Crippen LogP contribution in [0.2, 0.25) is 0 Å². The number of aromatic nitrogens is 2. The van der Waals surface area contributed by atoms with Gasteiger partial charge in [-0.2, -0.15) is 4.98 Å². The van der Waals surface area contributed by atoms with Gasteiger partial charge in [0.05, 0.1) is 11.9 Å². The number of halogens is 1. The Morgan fingerprint density at radius 3 is 2.63 bits per heavy atom. The van der Waals surface area contributed by atoms with Crippen LogP contribution in [0.3, 0.4) is 0 Å². The van der Waals surface area contributed by atoms with Crippen molar-refractivity contribution in [3.05, 3.63) is 12.0 Å². The number of sulfonamides is 1. The summed E-state index contributed by atoms with van der Waals surface area (Å²) in [6.45, 7) is 2.55. The van der Waals surface area contributed by atoms with Crippen LogP contribution in [0.4, 0.5) is 16.2 Å². The Bertz CT molecular complexity index is 521. The van der Waals surface area contributed by atoms with Crippen molar-refractivity contribution in [3.63, 3.8) is 0 Å². The molecule has 0 fully saturated rings. The summed E-state index contributed by atoms with van der Waals surface area (Å²) < 4.78 is 37.6. The SMILES string of the molecule is CCNc1ncc(F)c(NCCS(=O)(=O)N(C)C)n1. The molecule has 1 rings (SSSR count). The van der Waals surface area contributed by atoms with Crippen LogP contribution in [0.15, 0.2) is 6.20 Å². The Morgan fingerprint density at radius 2 is 2.05 bits per heavy atom. The molecule has 1 heterocycles. The fourth-order valence-electron chi connectivity index (χ4n) is 1.22. The zero-order valence-corrected chi connectivity index (χ0v) is 12.0. The lowest BCUT2D eigenvalue weighted by molar-refractivity contribution is 0.521. The van der Waals surface area contributed by atoms with Gasteiger partial charge in [-0.05, 0) is 6.92 Å². The van der Waals surface area contributed by atoms with Crippen molar-refractivity contribution >= 4 is 21.8 Å². The molecule has 0 amide bonds. The summed E-state index contributed by atoms with van der Waals surface area (Å²) in [4.78, 5) is 7.66. The number of nitrogens with one attached hydrogen (secondary N) is 2. The molecule has 0 aliphatic carbocycles. The fraction of sp³-hybridized carbons (Fsp3) is 0.600. The summed E-state index contributed by atoms with van der Waals surface area (Å²) >= 11 is 0. The Morgan fingerprint density at radius 1 is 1.37 bits per heavy atom. The van der Waals surface area contributed by atoms with Crippen LogP contribution in [-0.4, -0.2) is 55.6 Å². The second kappa shape index (κ2) is 6.62. The maximum Gasteiger partial charge on any atom is 0.224 e. The van der Waals surface area contributed by atoms with E-state index in [1.54, 1.807) is 0 Å². The molecule has 0 radical (unpaired) electrons. The molecule has 0 bridgehead atoms. The maximum absolute atomic E-state index is 13.4. The lowest BCUT2D eigenvalue weighted by atomic mass is 10.5. The molecule has 0 spiro atoms. The Hall–Kier alpha value is -1.48. The summed E-state index contributed by atoms with van der Waals surface area (Å²) in [5, 5.41) is 5.50. The molecule has 108 valence electrons. The summed E-state index contributed by atoms with van der Waals surface area (Å²) in [5.41, 5.74) is 0. The molecule has 0 unspecified atom stereocenters. The van der Waals surface area contributed by atoms with E-state index in [0.29, 0.717) is 12.5 Å². The van der Waals surface area contributed by atoms with Crippen molar-refractivity contribution < 1.29 is 12.8 Å². The second-order valence-corrected chi connectivity index (χ2v) is 6.25. The van der Waals surface area contributed by atoms with Crippen molar-refractivity contribution in [1.82, 2.24) is 14.3 Å². The number of hydrogen-bond acceptors (Lipinski definition) is 6. The van der Waals surface area contributed by atoms with Gasteiger partial charge in [-0.3, -0.25) is 0 Å². The second-order valence-electron chi connectivity index (χ2n) is 3.95. The van der Waals surface area contributed by atoms with E-state index >= 15 is 0 Å². The molecule has 0 saturated carbocycles. The lowest BCUT2D eigenvalue weighted by Gasteiger charge is -2.12. The largest absolute Gasteiger partial charge is 0.366 e. The lowest BCUT2D eigenvalue weighted by Crippen LogP contribution is -2.28. The predicted molar refractivity (Wildman–Crippen MR) is 72.1 cm³/mol. The quantitative estimate of drug-likeness (QED) is 0.754. The molecule has 0 aliphatic rings. The van der Waals surface area contributed by atoms with E-state index in [9.17, 15) is 12.8 Å². The molecule has 9 heteroatoms. The van der Waals surface area contributed by atoms with E-state index in [0.717, 1.165) is 10.5 Å². The number of nitrogens with zero attached hydrogens (tertiary/aromatic N) is 3. The van der Waals surface area contributed by atoms with E-state index in [2.05, 4.69) is 20.6 Å². The standard InChI is InChI=1S/C10H18FN5O2S/c1-4-12-10-14-7-8(11)9(15-10)13-5-6-19(17,18)16(2)3/h7H,4-6H2,1-3H3,(H2,12,13,14,15). The van der Waals surface area contributed by atoms with Crippen molar-refractivity contribution in [2.24, 2.45) is 0 Å². The van der Waals surface area contributed by atoms with E-state index in [-0.39, 0.29) is 18.1 Å². The normalized spacial score (nSPS) is 11.6. The minimum atomic E-state index is -3.31. The third-order valence-electron chi connectivity index (χ3n) is 2.29. The van der Waals surface area contributed by atoms with Crippen LogP contribution in [0.25, 0.3) is 0 Å². The first-order chi connectivity index (χ1) is 8.86. The van der Waals surface area contributed by atoms with Gasteiger partial charge in [-0.1, -0.05) is 0 Å². The van der Waals surface area contributed by atoms with Gasteiger partial charge >= 0.3 is 0 Å². The number of hydrogen-bond donors (Lipinski definition) is 2. The van der Waals surface area contributed by atoms with Crippen LogP contribution in [0.5, 0.6) is 0 Å². The van der Waals surface area contributed by atoms with E-state index in [4.69, 9.17) is 0 Å². The van der Waals surface area contributed by atoms with Gasteiger partial charge in [0, 0.05) is 27.2 Å².